The first kappa shape index (κ1) is 20.6. The maximum atomic E-state index is 13.9. The van der Waals surface area contributed by atoms with Crippen LogP contribution in [-0.2, 0) is 0 Å². The van der Waals surface area contributed by atoms with Crippen molar-refractivity contribution in [2.24, 2.45) is 0 Å². The van der Waals surface area contributed by atoms with Crippen LogP contribution in [0.25, 0.3) is 5.69 Å². The summed E-state index contributed by atoms with van der Waals surface area (Å²) in [7, 11) is 0. The first-order valence-corrected chi connectivity index (χ1v) is 10.4. The number of nitrogens with one attached hydrogen (secondary N) is 2. The first-order valence-electron chi connectivity index (χ1n) is 10.1. The molecule has 2 heterocycles. The molecule has 7 heteroatoms. The van der Waals surface area contributed by atoms with E-state index in [-0.39, 0.29) is 17.6 Å². The van der Waals surface area contributed by atoms with Gasteiger partial charge in [-0.15, -0.1) is 0 Å². The molecular formula is C23H24ClFN4O. The number of aromatic nitrogens is 2. The Hall–Kier alpha value is -2.70. The van der Waals surface area contributed by atoms with Crippen LogP contribution >= 0.6 is 11.6 Å². The zero-order valence-electron chi connectivity index (χ0n) is 17.0. The standard InChI is InChI=1S/C23H24ClFN4O/c1-14-4-6-18(12-20(14)24)29-22(16-7-9-26-10-8-16)19(13-27-29)23(30)28-17-5-3-15(2)21(25)11-17/h3-6,11-13,16,26H,7-10H2,1-2H3,(H,28,30). The summed E-state index contributed by atoms with van der Waals surface area (Å²) < 4.78 is 15.7. The molecule has 1 saturated heterocycles. The van der Waals surface area contributed by atoms with Crippen molar-refractivity contribution < 1.29 is 9.18 Å². The van der Waals surface area contributed by atoms with Crippen LogP contribution in [0, 0.1) is 19.7 Å². The lowest BCUT2D eigenvalue weighted by molar-refractivity contribution is 0.102. The Labute approximate surface area is 180 Å². The number of anilines is 1. The zero-order chi connectivity index (χ0) is 21.3. The van der Waals surface area contributed by atoms with Gasteiger partial charge < -0.3 is 10.6 Å². The van der Waals surface area contributed by atoms with E-state index in [2.05, 4.69) is 15.7 Å². The van der Waals surface area contributed by atoms with Crippen LogP contribution < -0.4 is 10.6 Å². The van der Waals surface area contributed by atoms with Gasteiger partial charge in [0.15, 0.2) is 0 Å². The van der Waals surface area contributed by atoms with Gasteiger partial charge in [-0.25, -0.2) is 9.07 Å². The Morgan fingerprint density at radius 1 is 1.17 bits per heavy atom. The monoisotopic (exact) mass is 426 g/mol. The largest absolute Gasteiger partial charge is 0.322 e. The summed E-state index contributed by atoms with van der Waals surface area (Å²) >= 11 is 6.34. The van der Waals surface area contributed by atoms with Crippen molar-refractivity contribution >= 4 is 23.2 Å². The average molecular weight is 427 g/mol. The molecule has 1 amide bonds. The topological polar surface area (TPSA) is 59.0 Å². The van der Waals surface area contributed by atoms with E-state index in [0.29, 0.717) is 21.8 Å². The summed E-state index contributed by atoms with van der Waals surface area (Å²) in [5, 5.41) is 11.4. The number of carbonyl (C=O) groups excluding carboxylic acids is 1. The summed E-state index contributed by atoms with van der Waals surface area (Å²) in [4.78, 5) is 13.1. The number of nitrogens with zero attached hydrogens (tertiary/aromatic N) is 2. The molecule has 2 aromatic carbocycles. The van der Waals surface area contributed by atoms with Crippen LogP contribution in [0.3, 0.4) is 0 Å². The van der Waals surface area contributed by atoms with Crippen molar-refractivity contribution in [2.75, 3.05) is 18.4 Å². The lowest BCUT2D eigenvalue weighted by Crippen LogP contribution is -2.29. The Balaban J connectivity index is 1.73. The molecule has 1 aliphatic heterocycles. The molecule has 0 atom stereocenters. The Kier molecular flexibility index (Phi) is 5.88. The zero-order valence-corrected chi connectivity index (χ0v) is 17.8. The molecule has 1 fully saturated rings. The quantitative estimate of drug-likeness (QED) is 0.617. The smallest absolute Gasteiger partial charge is 0.259 e. The van der Waals surface area contributed by atoms with E-state index in [0.717, 1.165) is 42.9 Å². The Bertz CT molecular complexity index is 1090. The number of piperidine rings is 1. The molecule has 156 valence electrons. The maximum Gasteiger partial charge on any atom is 0.259 e. The summed E-state index contributed by atoms with van der Waals surface area (Å²) in [6.45, 7) is 5.40. The number of aryl methyl sites for hydroxylation is 2. The molecule has 4 rings (SSSR count). The minimum atomic E-state index is -0.351. The van der Waals surface area contributed by atoms with Crippen molar-refractivity contribution in [3.63, 3.8) is 0 Å². The van der Waals surface area contributed by atoms with Gasteiger partial charge in [-0.2, -0.15) is 5.10 Å². The molecule has 0 saturated carbocycles. The number of halogens is 2. The molecule has 0 aliphatic carbocycles. The predicted molar refractivity (Wildman–Crippen MR) is 117 cm³/mol. The van der Waals surface area contributed by atoms with Gasteiger partial charge >= 0.3 is 0 Å². The summed E-state index contributed by atoms with van der Waals surface area (Å²) in [5.41, 5.74) is 4.12. The van der Waals surface area contributed by atoms with Gasteiger partial charge in [-0.3, -0.25) is 4.79 Å². The number of carbonyl (C=O) groups is 1. The van der Waals surface area contributed by atoms with Crippen LogP contribution in [0.4, 0.5) is 10.1 Å². The SMILES string of the molecule is Cc1ccc(NC(=O)c2cnn(-c3ccc(C)c(Cl)c3)c2C2CCNCC2)cc1F. The Morgan fingerprint density at radius 2 is 1.90 bits per heavy atom. The maximum absolute atomic E-state index is 13.9. The third-order valence-corrected chi connectivity index (χ3v) is 6.01. The molecular weight excluding hydrogens is 403 g/mol. The Morgan fingerprint density at radius 3 is 2.60 bits per heavy atom. The van der Waals surface area contributed by atoms with Gasteiger partial charge in [0.2, 0.25) is 0 Å². The molecule has 5 nitrogen and oxygen atoms in total. The van der Waals surface area contributed by atoms with Gasteiger partial charge in [0.1, 0.15) is 5.82 Å². The highest BCUT2D eigenvalue weighted by Crippen LogP contribution is 2.31. The van der Waals surface area contributed by atoms with Gasteiger partial charge in [0.05, 0.1) is 23.1 Å². The van der Waals surface area contributed by atoms with E-state index >= 15 is 0 Å². The number of benzene rings is 2. The predicted octanol–water partition coefficient (Wildman–Crippen LogP) is 5.00. The summed E-state index contributed by atoms with van der Waals surface area (Å²) in [6, 6.07) is 10.4. The fourth-order valence-corrected chi connectivity index (χ4v) is 3.98. The lowest BCUT2D eigenvalue weighted by Gasteiger charge is -2.25. The second-order valence-corrected chi connectivity index (χ2v) is 8.14. The molecule has 0 spiro atoms. The van der Waals surface area contributed by atoms with E-state index in [4.69, 9.17) is 11.6 Å². The molecule has 30 heavy (non-hydrogen) atoms. The fraction of sp³-hybridized carbons (Fsp3) is 0.304. The van der Waals surface area contributed by atoms with E-state index in [1.807, 2.05) is 29.8 Å². The molecule has 3 aromatic rings. The van der Waals surface area contributed by atoms with Crippen molar-refractivity contribution in [2.45, 2.75) is 32.6 Å². The van der Waals surface area contributed by atoms with Gasteiger partial charge in [0, 0.05) is 16.6 Å². The molecule has 0 bridgehead atoms. The summed E-state index contributed by atoms with van der Waals surface area (Å²) in [6.07, 6.45) is 3.40. The normalized spacial score (nSPS) is 14.7. The van der Waals surface area contributed by atoms with Crippen molar-refractivity contribution in [3.05, 3.63) is 75.8 Å². The van der Waals surface area contributed by atoms with Crippen molar-refractivity contribution in [3.8, 4) is 5.69 Å². The average Bonchev–Trinajstić information content (AvgIpc) is 3.19. The van der Waals surface area contributed by atoms with Gasteiger partial charge in [-0.05, 0) is 75.2 Å². The van der Waals surface area contributed by atoms with Crippen LogP contribution in [0.2, 0.25) is 5.02 Å². The number of hydrogen-bond donors (Lipinski definition) is 2. The second kappa shape index (κ2) is 8.58. The number of amides is 1. The molecule has 0 radical (unpaired) electrons. The second-order valence-electron chi connectivity index (χ2n) is 7.73. The molecule has 1 aromatic heterocycles. The fourth-order valence-electron chi connectivity index (χ4n) is 3.81. The van der Waals surface area contributed by atoms with Crippen LogP contribution in [0.5, 0.6) is 0 Å². The van der Waals surface area contributed by atoms with E-state index in [1.165, 1.54) is 6.07 Å². The van der Waals surface area contributed by atoms with Crippen molar-refractivity contribution in [1.29, 1.82) is 0 Å². The van der Waals surface area contributed by atoms with Gasteiger partial charge in [0.25, 0.3) is 5.91 Å². The number of hydrogen-bond acceptors (Lipinski definition) is 3. The third-order valence-electron chi connectivity index (χ3n) is 5.61. The highest BCUT2D eigenvalue weighted by atomic mass is 35.5. The van der Waals surface area contributed by atoms with E-state index in [1.54, 1.807) is 25.3 Å². The van der Waals surface area contributed by atoms with E-state index < -0.39 is 0 Å². The van der Waals surface area contributed by atoms with E-state index in [9.17, 15) is 9.18 Å². The molecule has 2 N–H and O–H groups in total. The first-order chi connectivity index (χ1) is 14.4. The van der Waals surface area contributed by atoms with Gasteiger partial charge in [-0.1, -0.05) is 23.7 Å². The van der Waals surface area contributed by atoms with Crippen LogP contribution in [0.1, 0.15) is 45.9 Å². The highest BCUT2D eigenvalue weighted by molar-refractivity contribution is 6.31. The minimum Gasteiger partial charge on any atom is -0.322 e. The number of rotatable bonds is 4. The third kappa shape index (κ3) is 4.11. The van der Waals surface area contributed by atoms with Crippen LogP contribution in [-0.4, -0.2) is 28.8 Å². The molecule has 0 unspecified atom stereocenters. The van der Waals surface area contributed by atoms with Crippen LogP contribution in [0.15, 0.2) is 42.6 Å². The minimum absolute atomic E-state index is 0.185. The highest BCUT2D eigenvalue weighted by Gasteiger charge is 2.27. The van der Waals surface area contributed by atoms with Crippen molar-refractivity contribution in [1.82, 2.24) is 15.1 Å². The molecule has 1 aliphatic rings. The lowest BCUT2D eigenvalue weighted by atomic mass is 9.91. The summed E-state index contributed by atoms with van der Waals surface area (Å²) in [5.74, 6) is -0.461.